The molecule has 30 heavy (non-hydrogen) atoms. The Morgan fingerprint density at radius 1 is 0.933 bits per heavy atom. The Balaban J connectivity index is 1.49. The molecule has 2 unspecified atom stereocenters. The molecule has 0 bridgehead atoms. The summed E-state index contributed by atoms with van der Waals surface area (Å²) in [4.78, 5) is 0. The van der Waals surface area contributed by atoms with E-state index < -0.39 is 0 Å². The molecule has 0 aromatic heterocycles. The molecule has 0 heterocycles. The summed E-state index contributed by atoms with van der Waals surface area (Å²) in [6.07, 6.45) is 17.1. The minimum Gasteiger partial charge on any atom is -0.393 e. The van der Waals surface area contributed by atoms with Crippen LogP contribution in [0.2, 0.25) is 0 Å². The fourth-order valence-electron chi connectivity index (χ4n) is 9.61. The summed E-state index contributed by atoms with van der Waals surface area (Å²) in [5.41, 5.74) is 0.975. The fraction of sp³-hybridized carbons (Fsp3) is 0.931. The van der Waals surface area contributed by atoms with Crippen molar-refractivity contribution < 1.29 is 5.11 Å². The van der Waals surface area contributed by atoms with Gasteiger partial charge < -0.3 is 5.11 Å². The molecule has 1 heteroatoms. The van der Waals surface area contributed by atoms with Crippen LogP contribution >= 0.6 is 0 Å². The van der Waals surface area contributed by atoms with E-state index in [1.165, 1.54) is 64.2 Å². The summed E-state index contributed by atoms with van der Waals surface area (Å²) in [7, 11) is 0. The normalized spacial score (nSPS) is 47.8. The molecule has 1 nitrogen and oxygen atoms in total. The third-order valence-electron chi connectivity index (χ3n) is 11.5. The smallest absolute Gasteiger partial charge is 0.0577 e. The lowest BCUT2D eigenvalue weighted by atomic mass is 9.44. The van der Waals surface area contributed by atoms with Gasteiger partial charge in [-0.25, -0.2) is 0 Å². The van der Waals surface area contributed by atoms with Crippen LogP contribution in [0.1, 0.15) is 105 Å². The second kappa shape index (κ2) is 8.57. The number of fused-ring (bicyclic) bond motifs is 5. The van der Waals surface area contributed by atoms with E-state index in [1.54, 1.807) is 0 Å². The van der Waals surface area contributed by atoms with Crippen LogP contribution in [0.4, 0.5) is 0 Å². The molecule has 1 N–H and O–H groups in total. The number of rotatable bonds is 6. The topological polar surface area (TPSA) is 20.2 Å². The summed E-state index contributed by atoms with van der Waals surface area (Å²) in [5.74, 6) is 5.94. The predicted molar refractivity (Wildman–Crippen MR) is 128 cm³/mol. The van der Waals surface area contributed by atoms with E-state index >= 15 is 0 Å². The Hall–Kier alpha value is -0.300. The van der Waals surface area contributed by atoms with Gasteiger partial charge in [0.05, 0.1) is 6.10 Å². The van der Waals surface area contributed by atoms with Crippen molar-refractivity contribution in [2.45, 2.75) is 111 Å². The first kappa shape index (κ1) is 22.9. The average molecular weight is 415 g/mol. The molecule has 0 amide bonds. The standard InChI is InChI=1S/C29H50O/c1-7-21(19(2)3)12-11-20(4)23-13-14-24-27-25(15-17-29(23,24)6)28(5)16-9-8-10-22(28)18-26(27)30/h7,19-27,30H,1,8-18H2,2-6H3/t20-,21-,22?,23-,24+,25+,26?,27+,28+,29-/m1/s1. The van der Waals surface area contributed by atoms with Crippen molar-refractivity contribution in [3.8, 4) is 0 Å². The molecular formula is C29H50O. The molecule has 0 saturated heterocycles. The molecular weight excluding hydrogens is 364 g/mol. The van der Waals surface area contributed by atoms with Crippen molar-refractivity contribution >= 4 is 0 Å². The number of hydrogen-bond acceptors (Lipinski definition) is 1. The third kappa shape index (κ3) is 3.64. The number of allylic oxidation sites excluding steroid dienone is 1. The van der Waals surface area contributed by atoms with Gasteiger partial charge in [0.25, 0.3) is 0 Å². The molecule has 0 aromatic carbocycles. The Morgan fingerprint density at radius 2 is 1.67 bits per heavy atom. The Labute approximate surface area is 187 Å². The molecule has 4 saturated carbocycles. The number of aliphatic hydroxyl groups is 1. The van der Waals surface area contributed by atoms with Gasteiger partial charge in [-0.15, -0.1) is 6.58 Å². The van der Waals surface area contributed by atoms with Crippen molar-refractivity contribution in [3.05, 3.63) is 12.7 Å². The van der Waals surface area contributed by atoms with Gasteiger partial charge in [0, 0.05) is 0 Å². The molecule has 4 aliphatic carbocycles. The molecule has 10 atom stereocenters. The van der Waals surface area contributed by atoms with Gasteiger partial charge in [-0.3, -0.25) is 0 Å². The van der Waals surface area contributed by atoms with E-state index in [9.17, 15) is 5.11 Å². The lowest BCUT2D eigenvalue weighted by Crippen LogP contribution is -2.57. The molecule has 0 aromatic rings. The third-order valence-corrected chi connectivity index (χ3v) is 11.5. The van der Waals surface area contributed by atoms with Crippen LogP contribution in [0.5, 0.6) is 0 Å². The van der Waals surface area contributed by atoms with E-state index in [1.807, 2.05) is 0 Å². The molecule has 0 aliphatic heterocycles. The highest BCUT2D eigenvalue weighted by molar-refractivity contribution is 5.11. The van der Waals surface area contributed by atoms with Gasteiger partial charge in [-0.1, -0.05) is 53.5 Å². The van der Waals surface area contributed by atoms with E-state index in [0.717, 1.165) is 36.0 Å². The zero-order valence-corrected chi connectivity index (χ0v) is 20.7. The first-order valence-corrected chi connectivity index (χ1v) is 13.5. The van der Waals surface area contributed by atoms with Crippen LogP contribution < -0.4 is 0 Å². The van der Waals surface area contributed by atoms with Gasteiger partial charge in [-0.2, -0.15) is 0 Å². The Morgan fingerprint density at radius 3 is 2.37 bits per heavy atom. The molecule has 0 spiro atoms. The maximum atomic E-state index is 11.4. The summed E-state index contributed by atoms with van der Waals surface area (Å²) in [6, 6.07) is 0. The first-order chi connectivity index (χ1) is 14.2. The number of hydrogen-bond donors (Lipinski definition) is 1. The van der Waals surface area contributed by atoms with Crippen LogP contribution in [0, 0.1) is 58.2 Å². The van der Waals surface area contributed by atoms with Crippen LogP contribution in [0.15, 0.2) is 12.7 Å². The zero-order valence-electron chi connectivity index (χ0n) is 20.7. The highest BCUT2D eigenvalue weighted by atomic mass is 16.3. The molecule has 0 radical (unpaired) electrons. The van der Waals surface area contributed by atoms with Crippen LogP contribution in [0.3, 0.4) is 0 Å². The Bertz CT molecular complexity index is 609. The van der Waals surface area contributed by atoms with Gasteiger partial charge in [-0.05, 0) is 116 Å². The summed E-state index contributed by atoms with van der Waals surface area (Å²) < 4.78 is 0. The van der Waals surface area contributed by atoms with E-state index in [0.29, 0.717) is 28.6 Å². The molecule has 172 valence electrons. The van der Waals surface area contributed by atoms with Crippen molar-refractivity contribution in [3.63, 3.8) is 0 Å². The van der Waals surface area contributed by atoms with E-state index in [-0.39, 0.29) is 6.10 Å². The zero-order chi connectivity index (χ0) is 21.7. The average Bonchev–Trinajstić information content (AvgIpc) is 3.05. The first-order valence-electron chi connectivity index (χ1n) is 13.5. The lowest BCUT2D eigenvalue weighted by Gasteiger charge is -2.62. The van der Waals surface area contributed by atoms with Crippen LogP contribution in [0.25, 0.3) is 0 Å². The highest BCUT2D eigenvalue weighted by Gasteiger charge is 2.62. The van der Waals surface area contributed by atoms with Gasteiger partial charge in [0.2, 0.25) is 0 Å². The van der Waals surface area contributed by atoms with Crippen molar-refractivity contribution in [1.29, 1.82) is 0 Å². The maximum Gasteiger partial charge on any atom is 0.0577 e. The second-order valence-electron chi connectivity index (χ2n) is 13.0. The fourth-order valence-corrected chi connectivity index (χ4v) is 9.61. The summed E-state index contributed by atoms with van der Waals surface area (Å²) in [5, 5.41) is 11.4. The van der Waals surface area contributed by atoms with Crippen molar-refractivity contribution in [2.75, 3.05) is 0 Å². The van der Waals surface area contributed by atoms with Gasteiger partial charge in [0.1, 0.15) is 0 Å². The molecule has 4 aliphatic rings. The monoisotopic (exact) mass is 414 g/mol. The van der Waals surface area contributed by atoms with Crippen molar-refractivity contribution in [2.24, 2.45) is 58.2 Å². The SMILES string of the molecule is C=C[C@H](CC[C@@H](C)[C@H]1CC[C@H]2[C@@H]3C(O)CC4CCCC[C@]4(C)[C@H]3CC[C@]12C)C(C)C. The van der Waals surface area contributed by atoms with Gasteiger partial charge in [0.15, 0.2) is 0 Å². The Kier molecular flexibility index (Phi) is 6.53. The van der Waals surface area contributed by atoms with Crippen molar-refractivity contribution in [1.82, 2.24) is 0 Å². The van der Waals surface area contributed by atoms with E-state index in [2.05, 4.69) is 47.3 Å². The second-order valence-corrected chi connectivity index (χ2v) is 13.0. The quantitative estimate of drug-likeness (QED) is 0.438. The van der Waals surface area contributed by atoms with E-state index in [4.69, 9.17) is 0 Å². The van der Waals surface area contributed by atoms with Crippen LogP contribution in [-0.2, 0) is 0 Å². The maximum absolute atomic E-state index is 11.4. The number of aliphatic hydroxyl groups excluding tert-OH is 1. The summed E-state index contributed by atoms with van der Waals surface area (Å²) in [6.45, 7) is 16.6. The molecule has 4 fully saturated rings. The largest absolute Gasteiger partial charge is 0.393 e. The predicted octanol–water partition coefficient (Wildman–Crippen LogP) is 7.88. The lowest BCUT2D eigenvalue weighted by molar-refractivity contribution is -0.164. The molecule has 4 rings (SSSR count). The summed E-state index contributed by atoms with van der Waals surface area (Å²) >= 11 is 0. The van der Waals surface area contributed by atoms with Gasteiger partial charge >= 0.3 is 0 Å². The van der Waals surface area contributed by atoms with Crippen LogP contribution in [-0.4, -0.2) is 11.2 Å². The minimum absolute atomic E-state index is 0.0315. The minimum atomic E-state index is -0.0315. The highest BCUT2D eigenvalue weighted by Crippen LogP contribution is 2.68.